The zero-order valence-corrected chi connectivity index (χ0v) is 13.4. The molecule has 3 nitrogen and oxygen atoms in total. The number of Topliss-reactive ketones (excluding diaryl/α,β-unsaturated/α-hetero) is 1. The summed E-state index contributed by atoms with van der Waals surface area (Å²) in [6.45, 7) is 4.05. The van der Waals surface area contributed by atoms with E-state index in [9.17, 15) is 9.59 Å². The first-order chi connectivity index (χ1) is 9.90. The average molecular weight is 309 g/mol. The van der Waals surface area contributed by atoms with Crippen molar-refractivity contribution < 1.29 is 14.3 Å². The maximum Gasteiger partial charge on any atom is 0.319 e. The van der Waals surface area contributed by atoms with Crippen LogP contribution in [-0.4, -0.2) is 18.9 Å². The van der Waals surface area contributed by atoms with E-state index >= 15 is 0 Å². The highest BCUT2D eigenvalue weighted by atomic mass is 35.5. The van der Waals surface area contributed by atoms with Gasteiger partial charge in [-0.1, -0.05) is 37.6 Å². The van der Waals surface area contributed by atoms with Gasteiger partial charge in [-0.2, -0.15) is 0 Å². The highest BCUT2D eigenvalue weighted by Gasteiger charge is 2.54. The molecule has 0 heterocycles. The molecule has 2 unspecified atom stereocenters. The second kappa shape index (κ2) is 6.18. The van der Waals surface area contributed by atoms with E-state index in [1.165, 1.54) is 7.11 Å². The van der Waals surface area contributed by atoms with Crippen LogP contribution in [0.3, 0.4) is 0 Å². The topological polar surface area (TPSA) is 43.4 Å². The predicted molar refractivity (Wildman–Crippen MR) is 82.2 cm³/mol. The van der Waals surface area contributed by atoms with E-state index in [4.69, 9.17) is 16.3 Å². The van der Waals surface area contributed by atoms with Crippen molar-refractivity contribution in [2.75, 3.05) is 7.11 Å². The predicted octanol–water partition coefficient (Wildman–Crippen LogP) is 3.68. The first-order valence-electron chi connectivity index (χ1n) is 7.28. The van der Waals surface area contributed by atoms with Gasteiger partial charge in [0.15, 0.2) is 5.78 Å². The number of methoxy groups -OCH3 is 1. The third-order valence-electron chi connectivity index (χ3n) is 4.49. The minimum atomic E-state index is -1.03. The van der Waals surface area contributed by atoms with Gasteiger partial charge in [0.25, 0.3) is 0 Å². The lowest BCUT2D eigenvalue weighted by Gasteiger charge is -2.26. The summed E-state index contributed by atoms with van der Waals surface area (Å²) >= 11 is 5.89. The monoisotopic (exact) mass is 308 g/mol. The molecule has 0 spiro atoms. The molecule has 0 radical (unpaired) electrons. The fourth-order valence-corrected chi connectivity index (χ4v) is 3.37. The normalized spacial score (nSPS) is 25.4. The van der Waals surface area contributed by atoms with Gasteiger partial charge >= 0.3 is 5.97 Å². The van der Waals surface area contributed by atoms with Crippen molar-refractivity contribution in [2.45, 2.75) is 33.1 Å². The molecule has 0 N–H and O–H groups in total. The van der Waals surface area contributed by atoms with Crippen LogP contribution in [0.1, 0.15) is 32.3 Å². The maximum atomic E-state index is 12.8. The molecule has 0 amide bonds. The third kappa shape index (κ3) is 2.98. The lowest BCUT2D eigenvalue weighted by molar-refractivity contribution is -0.157. The molecule has 4 heteroatoms. The maximum absolute atomic E-state index is 12.8. The molecule has 1 aliphatic rings. The second-order valence-corrected chi connectivity index (χ2v) is 6.57. The van der Waals surface area contributed by atoms with Crippen molar-refractivity contribution in [2.24, 2.45) is 17.3 Å². The molecule has 1 aromatic carbocycles. The van der Waals surface area contributed by atoms with E-state index in [1.807, 2.05) is 26.0 Å². The van der Waals surface area contributed by atoms with Crippen LogP contribution in [0.4, 0.5) is 0 Å². The summed E-state index contributed by atoms with van der Waals surface area (Å²) in [5, 5.41) is 0.642. The Morgan fingerprint density at radius 2 is 2.00 bits per heavy atom. The average Bonchev–Trinajstić information content (AvgIpc) is 2.79. The fourth-order valence-electron chi connectivity index (χ4n) is 3.24. The Morgan fingerprint density at radius 3 is 2.48 bits per heavy atom. The van der Waals surface area contributed by atoms with E-state index in [2.05, 4.69) is 0 Å². The molecule has 1 fully saturated rings. The van der Waals surface area contributed by atoms with Crippen molar-refractivity contribution in [3.05, 3.63) is 34.9 Å². The van der Waals surface area contributed by atoms with Crippen LogP contribution >= 0.6 is 11.6 Å². The van der Waals surface area contributed by atoms with Crippen LogP contribution in [0.15, 0.2) is 24.3 Å². The number of carbonyl (C=O) groups is 2. The Bertz CT molecular complexity index is 535. The van der Waals surface area contributed by atoms with Crippen LogP contribution in [0, 0.1) is 17.3 Å². The molecule has 0 aromatic heterocycles. The van der Waals surface area contributed by atoms with E-state index in [-0.39, 0.29) is 17.6 Å². The van der Waals surface area contributed by atoms with E-state index in [0.717, 1.165) is 12.0 Å². The highest BCUT2D eigenvalue weighted by molar-refractivity contribution is 6.30. The number of carbonyl (C=O) groups excluding carboxylic acids is 2. The number of hydrogen-bond acceptors (Lipinski definition) is 3. The molecule has 1 aromatic rings. The van der Waals surface area contributed by atoms with Gasteiger partial charge in [-0.15, -0.1) is 0 Å². The molecule has 1 saturated carbocycles. The largest absolute Gasteiger partial charge is 0.468 e. The lowest BCUT2D eigenvalue weighted by atomic mass is 9.77. The number of ketones is 1. The zero-order valence-electron chi connectivity index (χ0n) is 12.7. The van der Waals surface area contributed by atoms with Gasteiger partial charge in [0, 0.05) is 10.9 Å². The molecular weight excluding hydrogens is 288 g/mol. The van der Waals surface area contributed by atoms with Crippen LogP contribution in [-0.2, 0) is 20.7 Å². The standard InChI is InChI=1S/C17H21ClO3/c1-11(2)14-8-9-17(15(14)19,16(20)21-3)10-12-4-6-13(18)7-5-12/h4-7,11,14H,8-10H2,1-3H3. The minimum Gasteiger partial charge on any atom is -0.468 e. The summed E-state index contributed by atoms with van der Waals surface area (Å²) in [4.78, 5) is 25.1. The van der Waals surface area contributed by atoms with Gasteiger partial charge in [0.2, 0.25) is 0 Å². The molecule has 0 aliphatic heterocycles. The molecule has 2 rings (SSSR count). The van der Waals surface area contributed by atoms with Crippen LogP contribution < -0.4 is 0 Å². The Morgan fingerprint density at radius 1 is 1.38 bits per heavy atom. The first-order valence-corrected chi connectivity index (χ1v) is 7.65. The Balaban J connectivity index is 2.33. The van der Waals surface area contributed by atoms with Gasteiger partial charge in [0.05, 0.1) is 7.11 Å². The van der Waals surface area contributed by atoms with E-state index in [1.54, 1.807) is 12.1 Å². The summed E-state index contributed by atoms with van der Waals surface area (Å²) in [5.41, 5.74) is -0.0973. The highest BCUT2D eigenvalue weighted by Crippen LogP contribution is 2.44. The third-order valence-corrected chi connectivity index (χ3v) is 4.74. The smallest absolute Gasteiger partial charge is 0.319 e. The van der Waals surface area contributed by atoms with Gasteiger partial charge in [-0.05, 0) is 42.9 Å². The number of halogens is 1. The van der Waals surface area contributed by atoms with E-state index in [0.29, 0.717) is 17.9 Å². The Kier molecular flexibility index (Phi) is 4.72. The first kappa shape index (κ1) is 16.0. The van der Waals surface area contributed by atoms with Crippen LogP contribution in [0.25, 0.3) is 0 Å². The fraction of sp³-hybridized carbons (Fsp3) is 0.529. The zero-order chi connectivity index (χ0) is 15.6. The number of rotatable bonds is 4. The summed E-state index contributed by atoms with van der Waals surface area (Å²) in [6, 6.07) is 7.29. The van der Waals surface area contributed by atoms with Crippen LogP contribution in [0.5, 0.6) is 0 Å². The van der Waals surface area contributed by atoms with Crippen molar-refractivity contribution in [3.63, 3.8) is 0 Å². The van der Waals surface area contributed by atoms with Crippen molar-refractivity contribution in [1.29, 1.82) is 0 Å². The molecule has 0 saturated heterocycles. The summed E-state index contributed by atoms with van der Waals surface area (Å²) in [7, 11) is 1.35. The molecular formula is C17H21ClO3. The van der Waals surface area contributed by atoms with Gasteiger partial charge in [-0.3, -0.25) is 9.59 Å². The van der Waals surface area contributed by atoms with Crippen molar-refractivity contribution in [3.8, 4) is 0 Å². The summed E-state index contributed by atoms with van der Waals surface area (Å²) < 4.78 is 4.95. The minimum absolute atomic E-state index is 0.0271. The molecule has 114 valence electrons. The number of esters is 1. The molecule has 1 aliphatic carbocycles. The quantitative estimate of drug-likeness (QED) is 0.629. The summed E-state index contributed by atoms with van der Waals surface area (Å²) in [6.07, 6.45) is 1.70. The Labute approximate surface area is 130 Å². The van der Waals surface area contributed by atoms with E-state index < -0.39 is 11.4 Å². The molecule has 0 bridgehead atoms. The van der Waals surface area contributed by atoms with Crippen molar-refractivity contribution in [1.82, 2.24) is 0 Å². The second-order valence-electron chi connectivity index (χ2n) is 6.13. The summed E-state index contributed by atoms with van der Waals surface area (Å²) in [5.74, 6) is -0.199. The Hall–Kier alpha value is -1.35. The van der Waals surface area contributed by atoms with Gasteiger partial charge in [-0.25, -0.2) is 0 Å². The SMILES string of the molecule is COC(=O)C1(Cc2ccc(Cl)cc2)CCC(C(C)C)C1=O. The lowest BCUT2D eigenvalue weighted by Crippen LogP contribution is -2.40. The van der Waals surface area contributed by atoms with Gasteiger partial charge in [0.1, 0.15) is 5.41 Å². The number of benzene rings is 1. The van der Waals surface area contributed by atoms with Gasteiger partial charge < -0.3 is 4.74 Å². The van der Waals surface area contributed by atoms with Crippen LogP contribution in [0.2, 0.25) is 5.02 Å². The number of ether oxygens (including phenoxy) is 1. The molecule has 21 heavy (non-hydrogen) atoms. The van der Waals surface area contributed by atoms with Crippen molar-refractivity contribution >= 4 is 23.4 Å². The molecule has 2 atom stereocenters. The number of hydrogen-bond donors (Lipinski definition) is 0.